The molecule has 1 N–H and O–H groups in total. The highest BCUT2D eigenvalue weighted by Gasteiger charge is 2.63. The molecule has 1 aromatic heterocycles. The Morgan fingerprint density at radius 1 is 1.15 bits per heavy atom. The number of alkyl halides is 3. The van der Waals surface area contributed by atoms with Crippen LogP contribution in [0, 0.1) is 11.2 Å². The van der Waals surface area contributed by atoms with Crippen LogP contribution >= 0.6 is 11.3 Å². The fraction of sp³-hybridized carbons (Fsp3) is 0.412. The normalized spacial score (nSPS) is 21.2. The van der Waals surface area contributed by atoms with Crippen molar-refractivity contribution in [2.75, 3.05) is 5.01 Å². The summed E-state index contributed by atoms with van der Waals surface area (Å²) in [5.41, 5.74) is -2.60. The average Bonchev–Trinajstić information content (AvgIpc) is 3.12. The summed E-state index contributed by atoms with van der Waals surface area (Å²) in [4.78, 5) is 4.17. The molecular weight excluding hydrogens is 370 g/mol. The van der Waals surface area contributed by atoms with E-state index in [1.807, 2.05) is 0 Å². The molecule has 0 fully saturated rings. The first-order chi connectivity index (χ1) is 11.9. The van der Waals surface area contributed by atoms with Gasteiger partial charge < -0.3 is 5.11 Å². The highest BCUT2D eigenvalue weighted by molar-refractivity contribution is 7.14. The van der Waals surface area contributed by atoms with Gasteiger partial charge in [0.05, 0.1) is 5.69 Å². The highest BCUT2D eigenvalue weighted by atomic mass is 32.1. The second kappa shape index (κ2) is 6.02. The number of nitrogens with zero attached hydrogens (tertiary/aromatic N) is 3. The molecule has 2 heterocycles. The van der Waals surface area contributed by atoms with E-state index in [1.165, 1.54) is 24.3 Å². The molecule has 9 heteroatoms. The minimum absolute atomic E-state index is 0.0802. The molecule has 2 aromatic rings. The van der Waals surface area contributed by atoms with Crippen LogP contribution in [0.5, 0.6) is 0 Å². The second-order valence-corrected chi connectivity index (χ2v) is 7.96. The summed E-state index contributed by atoms with van der Waals surface area (Å²) < 4.78 is 53.8. The zero-order valence-electron chi connectivity index (χ0n) is 14.3. The number of rotatable bonds is 2. The van der Waals surface area contributed by atoms with Crippen molar-refractivity contribution in [2.45, 2.75) is 39.1 Å². The summed E-state index contributed by atoms with van der Waals surface area (Å²) in [5, 5.41) is 16.4. The van der Waals surface area contributed by atoms with E-state index in [1.54, 1.807) is 26.2 Å². The molecule has 1 unspecified atom stereocenters. The number of benzene rings is 1. The van der Waals surface area contributed by atoms with Crippen LogP contribution in [0.3, 0.4) is 0 Å². The third-order valence-corrected chi connectivity index (χ3v) is 4.93. The molecule has 0 bridgehead atoms. The van der Waals surface area contributed by atoms with Gasteiger partial charge in [0.2, 0.25) is 5.13 Å². The lowest BCUT2D eigenvalue weighted by Crippen LogP contribution is -2.55. The molecule has 0 spiro atoms. The maximum atomic E-state index is 13.6. The molecule has 26 heavy (non-hydrogen) atoms. The molecule has 1 atom stereocenters. The summed E-state index contributed by atoms with van der Waals surface area (Å²) in [7, 11) is 0. The Bertz CT molecular complexity index is 839. The number of hydrazone groups is 1. The summed E-state index contributed by atoms with van der Waals surface area (Å²) in [6.45, 7) is 5.20. The van der Waals surface area contributed by atoms with Crippen LogP contribution in [-0.2, 0) is 0 Å². The van der Waals surface area contributed by atoms with Crippen molar-refractivity contribution in [3.05, 3.63) is 35.5 Å². The van der Waals surface area contributed by atoms with Crippen LogP contribution in [0.15, 0.2) is 34.7 Å². The first-order valence-electron chi connectivity index (χ1n) is 7.80. The minimum atomic E-state index is -4.91. The van der Waals surface area contributed by atoms with E-state index in [0.29, 0.717) is 16.3 Å². The van der Waals surface area contributed by atoms with Crippen molar-refractivity contribution in [1.82, 2.24) is 4.98 Å². The zero-order valence-corrected chi connectivity index (χ0v) is 15.1. The lowest BCUT2D eigenvalue weighted by atomic mass is 9.86. The number of halogens is 4. The zero-order chi connectivity index (χ0) is 19.3. The van der Waals surface area contributed by atoms with Crippen molar-refractivity contribution in [3.8, 4) is 11.3 Å². The molecule has 0 radical (unpaired) electrons. The predicted molar refractivity (Wildman–Crippen MR) is 92.5 cm³/mol. The van der Waals surface area contributed by atoms with E-state index >= 15 is 0 Å². The van der Waals surface area contributed by atoms with Gasteiger partial charge in [-0.1, -0.05) is 20.8 Å². The molecule has 4 nitrogen and oxygen atoms in total. The fourth-order valence-corrected chi connectivity index (χ4v) is 3.35. The van der Waals surface area contributed by atoms with Crippen LogP contribution in [0.4, 0.5) is 22.7 Å². The van der Waals surface area contributed by atoms with Gasteiger partial charge >= 0.3 is 6.18 Å². The van der Waals surface area contributed by atoms with Crippen molar-refractivity contribution in [3.63, 3.8) is 0 Å². The number of hydrogen-bond donors (Lipinski definition) is 1. The molecule has 1 aliphatic heterocycles. The van der Waals surface area contributed by atoms with Crippen molar-refractivity contribution in [2.24, 2.45) is 10.5 Å². The standard InChI is InChI=1S/C17H17F4N3OS/c1-15(2,3)13-8-16(25,17(19,20)21)24(23-13)14-22-12(9-26-14)10-4-6-11(18)7-5-10/h4-7,9,25H,8H2,1-3H3. The van der Waals surface area contributed by atoms with Gasteiger partial charge in [0.1, 0.15) is 5.82 Å². The summed E-state index contributed by atoms with van der Waals surface area (Å²) in [6.07, 6.45) is -5.56. The number of aromatic nitrogens is 1. The van der Waals surface area contributed by atoms with E-state index < -0.39 is 29.6 Å². The monoisotopic (exact) mass is 387 g/mol. The molecule has 1 aliphatic rings. The van der Waals surface area contributed by atoms with Crippen LogP contribution < -0.4 is 5.01 Å². The quantitative estimate of drug-likeness (QED) is 0.752. The van der Waals surface area contributed by atoms with E-state index in [-0.39, 0.29) is 10.8 Å². The van der Waals surface area contributed by atoms with Crippen LogP contribution in [0.1, 0.15) is 27.2 Å². The number of aliphatic hydroxyl groups is 1. The first kappa shape index (κ1) is 18.8. The van der Waals surface area contributed by atoms with Crippen molar-refractivity contribution in [1.29, 1.82) is 0 Å². The summed E-state index contributed by atoms with van der Waals surface area (Å²) in [6, 6.07) is 5.45. The molecular formula is C17H17F4N3OS. The van der Waals surface area contributed by atoms with E-state index in [2.05, 4.69) is 10.1 Å². The van der Waals surface area contributed by atoms with Gasteiger partial charge in [0.25, 0.3) is 5.72 Å². The van der Waals surface area contributed by atoms with Crippen LogP contribution in [0.25, 0.3) is 11.3 Å². The Balaban J connectivity index is 2.02. The maximum Gasteiger partial charge on any atom is 0.438 e. The third kappa shape index (κ3) is 3.21. The molecule has 140 valence electrons. The minimum Gasteiger partial charge on any atom is -0.362 e. The largest absolute Gasteiger partial charge is 0.438 e. The van der Waals surface area contributed by atoms with Gasteiger partial charge in [0, 0.05) is 28.5 Å². The van der Waals surface area contributed by atoms with Gasteiger partial charge in [-0.25, -0.2) is 9.37 Å². The van der Waals surface area contributed by atoms with Gasteiger partial charge in [-0.05, 0) is 24.3 Å². The van der Waals surface area contributed by atoms with Crippen molar-refractivity contribution < 1.29 is 22.7 Å². The average molecular weight is 387 g/mol. The van der Waals surface area contributed by atoms with Gasteiger partial charge in [0.15, 0.2) is 0 Å². The summed E-state index contributed by atoms with van der Waals surface area (Å²) >= 11 is 0.931. The number of hydrogen-bond acceptors (Lipinski definition) is 5. The molecule has 0 amide bonds. The van der Waals surface area contributed by atoms with Gasteiger partial charge in [-0.2, -0.15) is 23.3 Å². The van der Waals surface area contributed by atoms with Gasteiger partial charge in [-0.3, -0.25) is 0 Å². The maximum absolute atomic E-state index is 13.6. The molecule has 0 aliphatic carbocycles. The Hall–Kier alpha value is -2.00. The van der Waals surface area contributed by atoms with Crippen LogP contribution in [-0.4, -0.2) is 27.7 Å². The van der Waals surface area contributed by atoms with E-state index in [0.717, 1.165) is 11.3 Å². The Morgan fingerprint density at radius 3 is 2.31 bits per heavy atom. The van der Waals surface area contributed by atoms with Crippen molar-refractivity contribution >= 4 is 22.2 Å². The molecule has 0 saturated heterocycles. The predicted octanol–water partition coefficient (Wildman–Crippen LogP) is 4.81. The number of thiazole rings is 1. The Kier molecular flexibility index (Phi) is 4.35. The fourth-order valence-electron chi connectivity index (χ4n) is 2.50. The molecule has 1 aromatic carbocycles. The third-order valence-electron chi connectivity index (χ3n) is 4.12. The van der Waals surface area contributed by atoms with E-state index in [9.17, 15) is 22.7 Å². The lowest BCUT2D eigenvalue weighted by molar-refractivity contribution is -0.254. The highest BCUT2D eigenvalue weighted by Crippen LogP contribution is 2.46. The second-order valence-electron chi connectivity index (χ2n) is 7.12. The molecule has 0 saturated carbocycles. The Morgan fingerprint density at radius 2 is 1.77 bits per heavy atom. The van der Waals surface area contributed by atoms with E-state index in [4.69, 9.17) is 0 Å². The molecule has 3 rings (SSSR count). The number of anilines is 1. The lowest BCUT2D eigenvalue weighted by Gasteiger charge is -2.32. The Labute approximate surface area is 151 Å². The smallest absolute Gasteiger partial charge is 0.362 e. The first-order valence-corrected chi connectivity index (χ1v) is 8.68. The van der Waals surface area contributed by atoms with Crippen LogP contribution in [0.2, 0.25) is 0 Å². The van der Waals surface area contributed by atoms with Gasteiger partial charge in [-0.15, -0.1) is 11.3 Å². The topological polar surface area (TPSA) is 48.7 Å². The SMILES string of the molecule is CC(C)(C)C1=NN(c2nc(-c3ccc(F)cc3)cs2)C(O)(C(F)(F)F)C1. The summed E-state index contributed by atoms with van der Waals surface area (Å²) in [5.74, 6) is -0.422.